The second kappa shape index (κ2) is 6.00. The van der Waals surface area contributed by atoms with Crippen LogP contribution in [0.4, 0.5) is 0 Å². The van der Waals surface area contributed by atoms with Crippen molar-refractivity contribution in [3.63, 3.8) is 0 Å². The van der Waals surface area contributed by atoms with E-state index in [4.69, 9.17) is 17.0 Å². The van der Waals surface area contributed by atoms with Gasteiger partial charge in [-0.05, 0) is 6.92 Å². The molecule has 0 amide bonds. The summed E-state index contributed by atoms with van der Waals surface area (Å²) in [4.78, 5) is 0. The van der Waals surface area contributed by atoms with Gasteiger partial charge in [-0.2, -0.15) is 6.07 Å². The Bertz CT molecular complexity index is 407. The van der Waals surface area contributed by atoms with Crippen LogP contribution in [0.15, 0.2) is 30.3 Å². The van der Waals surface area contributed by atoms with Crippen LogP contribution < -0.4 is 0 Å². The summed E-state index contributed by atoms with van der Waals surface area (Å²) in [6.45, 7) is 4.29. The molecule has 0 radical (unpaired) electrons. The van der Waals surface area contributed by atoms with Crippen LogP contribution in [0, 0.1) is 13.8 Å². The molecule has 14 heavy (non-hydrogen) atoms. The van der Waals surface area contributed by atoms with E-state index in [0.717, 1.165) is 0 Å². The molecule has 0 nitrogen and oxygen atoms in total. The second-order valence-electron chi connectivity index (χ2n) is 3.18. The Labute approximate surface area is 103 Å². The SMILES string of the molecule is Cc1cc2c(C)cccc2[cH-]1.[Cl][Zr][Cl]. The van der Waals surface area contributed by atoms with Gasteiger partial charge in [-0.3, -0.25) is 0 Å². The topological polar surface area (TPSA) is 0 Å². The van der Waals surface area contributed by atoms with Gasteiger partial charge in [-0.15, -0.1) is 34.5 Å². The minimum atomic E-state index is -0.826. The first-order chi connectivity index (χ1) is 6.69. The molecule has 0 heterocycles. The van der Waals surface area contributed by atoms with E-state index in [1.165, 1.54) is 21.9 Å². The van der Waals surface area contributed by atoms with Gasteiger partial charge in [0.1, 0.15) is 0 Å². The molecule has 3 heteroatoms. The van der Waals surface area contributed by atoms with E-state index in [9.17, 15) is 0 Å². The molecule has 0 aliphatic carbocycles. The molecule has 2 aromatic carbocycles. The van der Waals surface area contributed by atoms with E-state index in [1.807, 2.05) is 0 Å². The van der Waals surface area contributed by atoms with Gasteiger partial charge < -0.3 is 0 Å². The fraction of sp³-hybridized carbons (Fsp3) is 0.182. The van der Waals surface area contributed by atoms with Crippen molar-refractivity contribution >= 4 is 27.8 Å². The summed E-state index contributed by atoms with van der Waals surface area (Å²) in [5.74, 6) is 0. The van der Waals surface area contributed by atoms with Crippen molar-refractivity contribution < 1.29 is 20.8 Å². The number of aryl methyl sites for hydroxylation is 2. The normalized spacial score (nSPS) is 9.43. The van der Waals surface area contributed by atoms with E-state index in [-0.39, 0.29) is 0 Å². The summed E-state index contributed by atoms with van der Waals surface area (Å²) in [6.07, 6.45) is 0. The molecule has 74 valence electrons. The molecular formula is C11H11Cl2Zr-. The molecule has 0 bridgehead atoms. The number of fused-ring (bicyclic) bond motifs is 1. The van der Waals surface area contributed by atoms with Crippen molar-refractivity contribution in [3.8, 4) is 0 Å². The van der Waals surface area contributed by atoms with Crippen molar-refractivity contribution in [1.82, 2.24) is 0 Å². The summed E-state index contributed by atoms with van der Waals surface area (Å²) >= 11 is -0.826. The molecule has 2 aromatic rings. The first-order valence-electron chi connectivity index (χ1n) is 4.28. The number of benzene rings is 1. The fourth-order valence-corrected chi connectivity index (χ4v) is 1.54. The summed E-state index contributed by atoms with van der Waals surface area (Å²) in [7, 11) is 9.87. The number of hydrogen-bond donors (Lipinski definition) is 0. The number of halogens is 2. The average Bonchev–Trinajstić information content (AvgIpc) is 2.48. The standard InChI is InChI=1S/C11H11.2ClH.Zr/c1-8-6-10-5-3-4-9(2)11(10)7-8;;;/h3-7H,1-2H3;2*1H;/q-1;;;+2/p-2. The van der Waals surface area contributed by atoms with Gasteiger partial charge in [0.15, 0.2) is 0 Å². The predicted octanol–water partition coefficient (Wildman–Crippen LogP) is 4.55. The summed E-state index contributed by atoms with van der Waals surface area (Å²) in [5.41, 5.74) is 2.73. The van der Waals surface area contributed by atoms with Crippen LogP contribution in [-0.4, -0.2) is 0 Å². The van der Waals surface area contributed by atoms with Gasteiger partial charge >= 0.3 is 37.9 Å². The third-order valence-corrected chi connectivity index (χ3v) is 2.11. The molecule has 0 unspecified atom stereocenters. The van der Waals surface area contributed by atoms with E-state index in [0.29, 0.717) is 0 Å². The van der Waals surface area contributed by atoms with Crippen LogP contribution in [0.1, 0.15) is 11.1 Å². The van der Waals surface area contributed by atoms with Gasteiger partial charge in [0.2, 0.25) is 0 Å². The molecule has 0 atom stereocenters. The Kier molecular flexibility index (Phi) is 5.30. The molecule has 2 rings (SSSR count). The van der Waals surface area contributed by atoms with Gasteiger partial charge in [-0.1, -0.05) is 18.6 Å². The number of rotatable bonds is 0. The average molecular weight is 305 g/mol. The van der Waals surface area contributed by atoms with Crippen molar-refractivity contribution in [2.24, 2.45) is 0 Å². The second-order valence-corrected chi connectivity index (χ2v) is 6.91. The van der Waals surface area contributed by atoms with Crippen molar-refractivity contribution in [2.45, 2.75) is 13.8 Å². The van der Waals surface area contributed by atoms with Gasteiger partial charge in [0, 0.05) is 0 Å². The quantitative estimate of drug-likeness (QED) is 0.626. The first kappa shape index (κ1) is 12.4. The zero-order chi connectivity index (χ0) is 10.6. The minimum absolute atomic E-state index is 0.826. The molecule has 0 saturated heterocycles. The van der Waals surface area contributed by atoms with Crippen LogP contribution in [0.2, 0.25) is 0 Å². The Balaban J connectivity index is 0.000000293. The molecular weight excluding hydrogens is 294 g/mol. The van der Waals surface area contributed by atoms with Crippen LogP contribution >= 0.6 is 17.0 Å². The molecule has 0 aliphatic heterocycles. The van der Waals surface area contributed by atoms with Gasteiger partial charge in [0.05, 0.1) is 0 Å². The van der Waals surface area contributed by atoms with Crippen LogP contribution in [0.25, 0.3) is 10.8 Å². The van der Waals surface area contributed by atoms with E-state index < -0.39 is 20.8 Å². The van der Waals surface area contributed by atoms with Crippen LogP contribution in [0.5, 0.6) is 0 Å². The monoisotopic (exact) mass is 303 g/mol. The van der Waals surface area contributed by atoms with Crippen molar-refractivity contribution in [2.75, 3.05) is 0 Å². The Morgan fingerprint density at radius 3 is 2.43 bits per heavy atom. The fourth-order valence-electron chi connectivity index (χ4n) is 1.54. The third kappa shape index (κ3) is 3.15. The van der Waals surface area contributed by atoms with Crippen molar-refractivity contribution in [3.05, 3.63) is 41.5 Å². The van der Waals surface area contributed by atoms with E-state index in [1.54, 1.807) is 0 Å². The Hall–Kier alpha value is 0.293. The van der Waals surface area contributed by atoms with Gasteiger partial charge in [-0.25, -0.2) is 0 Å². The molecule has 0 spiro atoms. The zero-order valence-corrected chi connectivity index (χ0v) is 12.1. The van der Waals surface area contributed by atoms with Crippen molar-refractivity contribution in [1.29, 1.82) is 0 Å². The molecule has 0 aliphatic rings. The first-order valence-corrected chi connectivity index (χ1v) is 10.6. The zero-order valence-electron chi connectivity index (χ0n) is 8.14. The summed E-state index contributed by atoms with van der Waals surface area (Å²) in [5, 5.41) is 2.76. The summed E-state index contributed by atoms with van der Waals surface area (Å²) < 4.78 is 0. The molecule has 0 saturated carbocycles. The van der Waals surface area contributed by atoms with Crippen LogP contribution in [-0.2, 0) is 20.8 Å². The molecule has 0 N–H and O–H groups in total. The molecule has 0 aromatic heterocycles. The van der Waals surface area contributed by atoms with Crippen LogP contribution in [0.3, 0.4) is 0 Å². The summed E-state index contributed by atoms with van der Waals surface area (Å²) in [6, 6.07) is 10.9. The Morgan fingerprint density at radius 2 is 1.86 bits per heavy atom. The predicted molar refractivity (Wildman–Crippen MR) is 60.7 cm³/mol. The van der Waals surface area contributed by atoms with E-state index >= 15 is 0 Å². The van der Waals surface area contributed by atoms with E-state index in [2.05, 4.69) is 44.2 Å². The molecule has 0 fully saturated rings. The third-order valence-electron chi connectivity index (χ3n) is 2.11. The maximum atomic E-state index is 4.93. The maximum absolute atomic E-state index is 4.93. The Morgan fingerprint density at radius 1 is 1.21 bits per heavy atom. The van der Waals surface area contributed by atoms with Gasteiger partial charge in [0.25, 0.3) is 0 Å². The number of hydrogen-bond acceptors (Lipinski definition) is 0.